The van der Waals surface area contributed by atoms with E-state index < -0.39 is 11.6 Å². The quantitative estimate of drug-likeness (QED) is 0.530. The monoisotopic (exact) mass is 156 g/mol. The third-order valence-electron chi connectivity index (χ3n) is 1.13. The molecule has 0 atom stereocenters. The Kier molecular flexibility index (Phi) is 1.80. The molecule has 0 spiro atoms. The first-order chi connectivity index (χ1) is 5.13. The molecule has 5 heteroatoms. The van der Waals surface area contributed by atoms with Gasteiger partial charge in [-0.1, -0.05) is 4.74 Å². The topological polar surface area (TPSA) is 55.5 Å². The Balaban J connectivity index is 3.03. The van der Waals surface area contributed by atoms with Crippen molar-refractivity contribution in [2.24, 2.45) is 0 Å². The highest BCUT2D eigenvalue weighted by atomic mass is 16.5. The standard InChI is InChI=1S/C6H8N2O3/c1-7(2)6(10)8-5(9)3-4-11-8/h3-4H,1-2H3. The second-order valence-electron chi connectivity index (χ2n) is 2.22. The van der Waals surface area contributed by atoms with Gasteiger partial charge in [0.1, 0.15) is 6.26 Å². The van der Waals surface area contributed by atoms with Crippen molar-refractivity contribution >= 4 is 6.03 Å². The Morgan fingerprint density at radius 3 is 2.64 bits per heavy atom. The van der Waals surface area contributed by atoms with Crippen LogP contribution in [-0.4, -0.2) is 29.8 Å². The number of carbonyl (C=O) groups is 1. The summed E-state index contributed by atoms with van der Waals surface area (Å²) in [5, 5.41) is 0. The van der Waals surface area contributed by atoms with E-state index in [4.69, 9.17) is 0 Å². The molecular formula is C6H8N2O3. The molecular weight excluding hydrogens is 148 g/mol. The first kappa shape index (κ1) is 7.59. The van der Waals surface area contributed by atoms with E-state index in [0.717, 1.165) is 0 Å². The van der Waals surface area contributed by atoms with E-state index >= 15 is 0 Å². The molecule has 0 aromatic carbocycles. The molecule has 0 radical (unpaired) electrons. The first-order valence-corrected chi connectivity index (χ1v) is 3.01. The SMILES string of the molecule is CN(C)C(=O)n1occc1=O. The van der Waals surface area contributed by atoms with Crippen LogP contribution < -0.4 is 5.56 Å². The highest BCUT2D eigenvalue weighted by Gasteiger charge is 2.10. The first-order valence-electron chi connectivity index (χ1n) is 3.01. The molecule has 0 unspecified atom stereocenters. The van der Waals surface area contributed by atoms with Gasteiger partial charge in [-0.2, -0.15) is 0 Å². The molecule has 0 saturated heterocycles. The van der Waals surface area contributed by atoms with E-state index in [2.05, 4.69) is 4.52 Å². The summed E-state index contributed by atoms with van der Waals surface area (Å²) in [6.07, 6.45) is 1.17. The van der Waals surface area contributed by atoms with Crippen molar-refractivity contribution in [3.05, 3.63) is 22.7 Å². The van der Waals surface area contributed by atoms with Crippen LogP contribution in [0.2, 0.25) is 0 Å². The van der Waals surface area contributed by atoms with Crippen LogP contribution in [0.4, 0.5) is 4.79 Å². The van der Waals surface area contributed by atoms with Gasteiger partial charge in [-0.15, -0.1) is 0 Å². The second kappa shape index (κ2) is 2.61. The maximum Gasteiger partial charge on any atom is 0.360 e. The molecule has 0 saturated carbocycles. The van der Waals surface area contributed by atoms with Crippen molar-refractivity contribution in [3.63, 3.8) is 0 Å². The summed E-state index contributed by atoms with van der Waals surface area (Å²) >= 11 is 0. The van der Waals surface area contributed by atoms with Crippen molar-refractivity contribution in [1.29, 1.82) is 0 Å². The zero-order valence-electron chi connectivity index (χ0n) is 6.27. The average Bonchev–Trinajstić information content (AvgIpc) is 2.33. The van der Waals surface area contributed by atoms with Gasteiger partial charge in [0.15, 0.2) is 0 Å². The van der Waals surface area contributed by atoms with E-state index in [-0.39, 0.29) is 0 Å². The number of hydrogen-bond donors (Lipinski definition) is 0. The molecule has 1 amide bonds. The van der Waals surface area contributed by atoms with E-state index in [1.807, 2.05) is 0 Å². The van der Waals surface area contributed by atoms with Crippen molar-refractivity contribution in [1.82, 2.24) is 9.64 Å². The van der Waals surface area contributed by atoms with E-state index in [0.29, 0.717) is 4.74 Å². The van der Waals surface area contributed by atoms with E-state index in [1.165, 1.54) is 31.3 Å². The fourth-order valence-corrected chi connectivity index (χ4v) is 0.590. The number of carbonyl (C=O) groups excluding carboxylic acids is 1. The van der Waals surface area contributed by atoms with Gasteiger partial charge in [0.2, 0.25) is 0 Å². The molecule has 0 bridgehead atoms. The van der Waals surface area contributed by atoms with Crippen LogP contribution in [-0.2, 0) is 0 Å². The Morgan fingerprint density at radius 1 is 1.64 bits per heavy atom. The van der Waals surface area contributed by atoms with Gasteiger partial charge >= 0.3 is 6.03 Å². The van der Waals surface area contributed by atoms with Crippen molar-refractivity contribution in [2.45, 2.75) is 0 Å². The lowest BCUT2D eigenvalue weighted by atomic mass is 10.7. The fraction of sp³-hybridized carbons (Fsp3) is 0.333. The number of aromatic nitrogens is 1. The van der Waals surface area contributed by atoms with E-state index in [1.54, 1.807) is 0 Å². The highest BCUT2D eigenvalue weighted by molar-refractivity contribution is 5.74. The van der Waals surface area contributed by atoms with Gasteiger partial charge in [-0.25, -0.2) is 4.79 Å². The van der Waals surface area contributed by atoms with Crippen LogP contribution in [0.1, 0.15) is 0 Å². The van der Waals surface area contributed by atoms with Crippen molar-refractivity contribution in [2.75, 3.05) is 14.1 Å². The third-order valence-corrected chi connectivity index (χ3v) is 1.13. The Labute approximate surface area is 62.8 Å². The number of hydrogen-bond acceptors (Lipinski definition) is 3. The summed E-state index contributed by atoms with van der Waals surface area (Å²) in [5.41, 5.74) is -0.455. The summed E-state index contributed by atoms with van der Waals surface area (Å²) < 4.78 is 5.28. The molecule has 0 aliphatic carbocycles. The molecule has 1 aromatic heterocycles. The van der Waals surface area contributed by atoms with Gasteiger partial charge in [-0.05, 0) is 0 Å². The fourth-order valence-electron chi connectivity index (χ4n) is 0.590. The minimum atomic E-state index is -0.486. The lowest BCUT2D eigenvalue weighted by molar-refractivity contribution is 0.184. The predicted molar refractivity (Wildman–Crippen MR) is 37.4 cm³/mol. The molecule has 0 N–H and O–H groups in total. The van der Waals surface area contributed by atoms with Crippen LogP contribution >= 0.6 is 0 Å². The predicted octanol–water partition coefficient (Wildman–Crippen LogP) is -0.0290. The third kappa shape index (κ3) is 1.31. The zero-order chi connectivity index (χ0) is 8.43. The summed E-state index contributed by atoms with van der Waals surface area (Å²) in [5.74, 6) is 0. The molecule has 60 valence electrons. The lowest BCUT2D eigenvalue weighted by Crippen LogP contribution is -2.32. The number of nitrogens with zero attached hydrogens (tertiary/aromatic N) is 2. The van der Waals surface area contributed by atoms with Crippen LogP contribution in [0.3, 0.4) is 0 Å². The lowest BCUT2D eigenvalue weighted by Gasteiger charge is -2.06. The van der Waals surface area contributed by atoms with Gasteiger partial charge in [0, 0.05) is 20.2 Å². The van der Waals surface area contributed by atoms with Gasteiger partial charge in [-0.3, -0.25) is 4.79 Å². The van der Waals surface area contributed by atoms with Crippen LogP contribution in [0, 0.1) is 0 Å². The maximum atomic E-state index is 11.0. The second-order valence-corrected chi connectivity index (χ2v) is 2.22. The summed E-state index contributed by atoms with van der Waals surface area (Å²) in [7, 11) is 3.08. The smallest absolute Gasteiger partial charge is 0.360 e. The molecule has 1 rings (SSSR count). The van der Waals surface area contributed by atoms with Crippen LogP contribution in [0.15, 0.2) is 21.6 Å². The summed E-state index contributed by atoms with van der Waals surface area (Å²) in [6, 6.07) is 0.696. The average molecular weight is 156 g/mol. The molecule has 1 aromatic rings. The summed E-state index contributed by atoms with van der Waals surface area (Å²) in [6.45, 7) is 0. The molecule has 0 fully saturated rings. The molecule has 0 aliphatic rings. The maximum absolute atomic E-state index is 11.0. The van der Waals surface area contributed by atoms with Gasteiger partial charge in [0.05, 0.1) is 0 Å². The van der Waals surface area contributed by atoms with E-state index in [9.17, 15) is 9.59 Å². The Hall–Kier alpha value is -1.52. The summed E-state index contributed by atoms with van der Waals surface area (Å²) in [4.78, 5) is 23.1. The Morgan fingerprint density at radius 2 is 2.27 bits per heavy atom. The molecule has 5 nitrogen and oxygen atoms in total. The van der Waals surface area contributed by atoms with Crippen molar-refractivity contribution in [3.8, 4) is 0 Å². The number of rotatable bonds is 0. The molecule has 0 aliphatic heterocycles. The van der Waals surface area contributed by atoms with Gasteiger partial charge < -0.3 is 9.42 Å². The van der Waals surface area contributed by atoms with Crippen molar-refractivity contribution < 1.29 is 9.32 Å². The van der Waals surface area contributed by atoms with Crippen LogP contribution in [0.25, 0.3) is 0 Å². The minimum absolute atomic E-state index is 0.455. The van der Waals surface area contributed by atoms with Gasteiger partial charge in [0.25, 0.3) is 5.56 Å². The zero-order valence-corrected chi connectivity index (χ0v) is 6.27. The minimum Gasteiger partial charge on any atom is -0.375 e. The molecule has 11 heavy (non-hydrogen) atoms. The van der Waals surface area contributed by atoms with Crippen LogP contribution in [0.5, 0.6) is 0 Å². The Bertz CT molecular complexity index is 310. The number of amides is 1. The largest absolute Gasteiger partial charge is 0.375 e. The molecule has 1 heterocycles. The normalized spacial score (nSPS) is 9.64. The highest BCUT2D eigenvalue weighted by Crippen LogP contribution is 1.86.